The standard InChI is InChI=1S/C29H43N2O14P/c1-7-20-15(2)16(3)21(31-17(4)32)27(42-20)43-25-23(45-29(35)41-19-11-9-8-10-12-19)22(40-18(5)33)24(26(30)34)44-28(25)46(36,37)39-14-13-38-6/h8-12,15-16,20-25,27-28H,7,13-14H2,1-6H3,(H2,30,34)(H,31,32)(H,36,37)/t15-,16-,20?,21?,22+,23-,24?,25?,27-,28-/m0/s1. The van der Waals surface area contributed by atoms with E-state index in [0.717, 1.165) is 6.92 Å². The number of carbonyl (C=O) groups excluding carboxylic acids is 4. The Labute approximate surface area is 267 Å². The third-order valence-corrected chi connectivity index (χ3v) is 9.42. The lowest BCUT2D eigenvalue weighted by molar-refractivity contribution is -0.297. The summed E-state index contributed by atoms with van der Waals surface area (Å²) in [6, 6.07) is 7.00. The van der Waals surface area contributed by atoms with Crippen LogP contribution in [0.5, 0.6) is 5.75 Å². The van der Waals surface area contributed by atoms with Crippen LogP contribution in [0.2, 0.25) is 0 Å². The van der Waals surface area contributed by atoms with Crippen molar-refractivity contribution in [1.29, 1.82) is 0 Å². The molecule has 258 valence electrons. The zero-order valence-corrected chi connectivity index (χ0v) is 27.5. The van der Waals surface area contributed by atoms with Gasteiger partial charge < -0.3 is 53.6 Å². The van der Waals surface area contributed by atoms with Crippen LogP contribution < -0.4 is 15.8 Å². The number of esters is 1. The summed E-state index contributed by atoms with van der Waals surface area (Å²) >= 11 is 0. The van der Waals surface area contributed by atoms with Gasteiger partial charge >= 0.3 is 19.7 Å². The topological polar surface area (TPSA) is 217 Å². The third-order valence-electron chi connectivity index (χ3n) is 7.81. The van der Waals surface area contributed by atoms with Gasteiger partial charge in [-0.15, -0.1) is 0 Å². The molecule has 1 aromatic carbocycles. The van der Waals surface area contributed by atoms with E-state index >= 15 is 0 Å². The van der Waals surface area contributed by atoms with E-state index in [1.165, 1.54) is 26.2 Å². The number of hydrogen-bond donors (Lipinski definition) is 3. The highest BCUT2D eigenvalue weighted by molar-refractivity contribution is 7.53. The van der Waals surface area contributed by atoms with E-state index < -0.39 is 74.1 Å². The van der Waals surface area contributed by atoms with E-state index in [0.29, 0.717) is 6.42 Å². The Morgan fingerprint density at radius 2 is 1.65 bits per heavy atom. The van der Waals surface area contributed by atoms with Gasteiger partial charge in [0, 0.05) is 21.0 Å². The summed E-state index contributed by atoms with van der Waals surface area (Å²) in [7, 11) is -3.61. The molecule has 0 aliphatic carbocycles. The van der Waals surface area contributed by atoms with Gasteiger partial charge in [0.15, 0.2) is 30.4 Å². The van der Waals surface area contributed by atoms with Crippen molar-refractivity contribution in [3.63, 3.8) is 0 Å². The lowest BCUT2D eigenvalue weighted by atomic mass is 9.81. The number of rotatable bonds is 13. The van der Waals surface area contributed by atoms with E-state index in [1.54, 1.807) is 18.2 Å². The van der Waals surface area contributed by atoms with Gasteiger partial charge in [-0.3, -0.25) is 18.9 Å². The van der Waals surface area contributed by atoms with Crippen molar-refractivity contribution in [2.75, 3.05) is 20.3 Å². The number of ether oxygens (including phenoxy) is 7. The predicted molar refractivity (Wildman–Crippen MR) is 158 cm³/mol. The van der Waals surface area contributed by atoms with Gasteiger partial charge in [0.25, 0.3) is 5.91 Å². The number of primary amides is 1. The summed E-state index contributed by atoms with van der Waals surface area (Å²) in [6.45, 7) is 7.57. The molecule has 16 nitrogen and oxygen atoms in total. The summed E-state index contributed by atoms with van der Waals surface area (Å²) in [5.41, 5.74) is 5.58. The molecule has 2 amide bonds. The SMILES string of the molecule is CCC1O[C@@H](OC2[C@@H](OC(=O)Oc3ccccc3)[C@@H](OC(C)=O)C(C(N)=O)O[C@H]2P(=O)(O)OCCOC)C(NC(C)=O)[C@@H](C)[C@@H]1C. The number of carbonyl (C=O) groups is 4. The summed E-state index contributed by atoms with van der Waals surface area (Å²) in [5, 5.41) is 2.80. The smallest absolute Gasteiger partial charge is 0.455 e. The number of methoxy groups -OCH3 is 1. The van der Waals surface area contributed by atoms with Crippen LogP contribution in [0.4, 0.5) is 4.79 Å². The van der Waals surface area contributed by atoms with Crippen LogP contribution in [0.25, 0.3) is 0 Å². The van der Waals surface area contributed by atoms with E-state index in [9.17, 15) is 28.6 Å². The van der Waals surface area contributed by atoms with Gasteiger partial charge in [-0.25, -0.2) is 4.79 Å². The van der Waals surface area contributed by atoms with E-state index in [-0.39, 0.29) is 36.9 Å². The molecule has 0 saturated carbocycles. The van der Waals surface area contributed by atoms with Gasteiger partial charge in [0.1, 0.15) is 11.9 Å². The molecule has 17 heteroatoms. The van der Waals surface area contributed by atoms with Crippen molar-refractivity contribution in [1.82, 2.24) is 5.32 Å². The predicted octanol–water partition coefficient (Wildman–Crippen LogP) is 1.86. The minimum atomic E-state index is -4.95. The van der Waals surface area contributed by atoms with Crippen molar-refractivity contribution >= 4 is 31.5 Å². The van der Waals surface area contributed by atoms with Crippen LogP contribution >= 0.6 is 7.60 Å². The molecule has 46 heavy (non-hydrogen) atoms. The maximum atomic E-state index is 13.7. The number of benzene rings is 1. The van der Waals surface area contributed by atoms with Crippen molar-refractivity contribution in [3.8, 4) is 5.75 Å². The summed E-state index contributed by atoms with van der Waals surface area (Å²) < 4.78 is 58.4. The summed E-state index contributed by atoms with van der Waals surface area (Å²) in [4.78, 5) is 61.4. The molecule has 2 aliphatic rings. The second-order valence-corrected chi connectivity index (χ2v) is 13.0. The van der Waals surface area contributed by atoms with Gasteiger partial charge in [0.05, 0.1) is 25.4 Å². The third kappa shape index (κ3) is 9.47. The molecule has 2 saturated heterocycles. The molecule has 0 spiro atoms. The van der Waals surface area contributed by atoms with Gasteiger partial charge in [-0.1, -0.05) is 39.0 Å². The van der Waals surface area contributed by atoms with Gasteiger partial charge in [-0.2, -0.15) is 0 Å². The molecule has 2 heterocycles. The van der Waals surface area contributed by atoms with Gasteiger partial charge in [-0.05, 0) is 30.4 Å². The van der Waals surface area contributed by atoms with E-state index in [4.69, 9.17) is 43.4 Å². The van der Waals surface area contributed by atoms with E-state index in [2.05, 4.69) is 5.32 Å². The number of nitrogens with two attached hydrogens (primary N) is 1. The number of nitrogens with one attached hydrogen (secondary N) is 1. The first-order valence-corrected chi connectivity index (χ1v) is 16.4. The van der Waals surface area contributed by atoms with Crippen LogP contribution in [0.1, 0.15) is 41.0 Å². The molecular weight excluding hydrogens is 631 g/mol. The molecule has 2 aliphatic heterocycles. The fourth-order valence-electron chi connectivity index (χ4n) is 5.43. The van der Waals surface area contributed by atoms with Crippen LogP contribution in [0, 0.1) is 11.8 Å². The zero-order valence-electron chi connectivity index (χ0n) is 26.6. The first-order chi connectivity index (χ1) is 21.7. The Kier molecular flexibility index (Phi) is 13.5. The minimum Gasteiger partial charge on any atom is -0.455 e. The lowest BCUT2D eigenvalue weighted by Gasteiger charge is -2.49. The molecule has 1 aromatic rings. The first-order valence-electron chi connectivity index (χ1n) is 14.8. The average Bonchev–Trinajstić information content (AvgIpc) is 2.98. The Hall–Kier alpha value is -3.11. The summed E-state index contributed by atoms with van der Waals surface area (Å²) in [6.07, 6.45) is -9.83. The highest BCUT2D eigenvalue weighted by Crippen LogP contribution is 2.54. The average molecular weight is 675 g/mol. The molecule has 0 aromatic heterocycles. The molecule has 0 radical (unpaired) electrons. The van der Waals surface area contributed by atoms with Crippen LogP contribution in [-0.2, 0) is 51.9 Å². The van der Waals surface area contributed by atoms with Crippen molar-refractivity contribution in [3.05, 3.63) is 30.3 Å². The van der Waals surface area contributed by atoms with E-state index in [1.807, 2.05) is 20.8 Å². The van der Waals surface area contributed by atoms with Crippen molar-refractivity contribution in [2.45, 2.75) is 89.7 Å². The number of para-hydroxylation sites is 1. The number of amides is 2. The molecule has 4 N–H and O–H groups in total. The largest absolute Gasteiger partial charge is 0.514 e. The molecule has 11 atom stereocenters. The van der Waals surface area contributed by atoms with Crippen LogP contribution in [-0.4, -0.2) is 97.9 Å². The maximum Gasteiger partial charge on any atom is 0.514 e. The Morgan fingerprint density at radius 3 is 2.22 bits per heavy atom. The lowest BCUT2D eigenvalue weighted by Crippen LogP contribution is -2.66. The van der Waals surface area contributed by atoms with Crippen molar-refractivity contribution in [2.24, 2.45) is 17.6 Å². The summed E-state index contributed by atoms with van der Waals surface area (Å²) in [5.74, 6) is -4.82. The fraction of sp³-hybridized carbons (Fsp3) is 0.655. The monoisotopic (exact) mass is 674 g/mol. The molecular formula is C29H43N2O14P. The quantitative estimate of drug-likeness (QED) is 0.118. The highest BCUT2D eigenvalue weighted by Gasteiger charge is 2.60. The fourth-order valence-corrected chi connectivity index (χ4v) is 6.81. The number of hydrogen-bond acceptors (Lipinski definition) is 13. The zero-order chi connectivity index (χ0) is 34.2. The van der Waals surface area contributed by atoms with Crippen LogP contribution in [0.3, 0.4) is 0 Å². The minimum absolute atomic E-state index is 0.0534. The first kappa shape index (κ1) is 37.3. The molecule has 2 fully saturated rings. The van der Waals surface area contributed by atoms with Gasteiger partial charge in [0.2, 0.25) is 5.91 Å². The highest BCUT2D eigenvalue weighted by atomic mass is 31.2. The molecule has 5 unspecified atom stereocenters. The normalized spacial score (nSPS) is 32.4. The Morgan fingerprint density at radius 1 is 0.978 bits per heavy atom. The molecule has 3 rings (SSSR count). The second kappa shape index (κ2) is 16.6. The Balaban J connectivity index is 2.14. The molecule has 0 bridgehead atoms. The second-order valence-electron chi connectivity index (χ2n) is 11.1. The van der Waals surface area contributed by atoms with Crippen LogP contribution in [0.15, 0.2) is 30.3 Å². The Bertz CT molecular complexity index is 1250. The van der Waals surface area contributed by atoms with Crippen molar-refractivity contribution < 1.29 is 66.3 Å². The maximum absolute atomic E-state index is 13.7.